The highest BCUT2D eigenvalue weighted by molar-refractivity contribution is 5.19. The Bertz CT molecular complexity index is 240. The molecular formula is C11H15N. The summed E-state index contributed by atoms with van der Waals surface area (Å²) < 4.78 is 0. The number of rotatable bonds is 3. The maximum atomic E-state index is 5.98. The van der Waals surface area contributed by atoms with Crippen LogP contribution in [0.3, 0.4) is 0 Å². The van der Waals surface area contributed by atoms with Crippen molar-refractivity contribution in [3.8, 4) is 0 Å². The van der Waals surface area contributed by atoms with Gasteiger partial charge in [0.25, 0.3) is 0 Å². The lowest BCUT2D eigenvalue weighted by Crippen LogP contribution is -2.16. The third kappa shape index (κ3) is 1.95. The summed E-state index contributed by atoms with van der Waals surface area (Å²) in [5.41, 5.74) is 7.15. The molecule has 0 bridgehead atoms. The Hall–Kier alpha value is -1.08. The first-order valence-corrected chi connectivity index (χ1v) is 4.18. The average molecular weight is 161 g/mol. The topological polar surface area (TPSA) is 26.0 Å². The molecule has 0 radical (unpaired) electrons. The smallest absolute Gasteiger partial charge is 0.0355 e. The van der Waals surface area contributed by atoms with Gasteiger partial charge in [0, 0.05) is 6.04 Å². The number of benzene rings is 1. The molecule has 1 heteroatoms. The number of hydrogen-bond donors (Lipinski definition) is 1. The molecule has 12 heavy (non-hydrogen) atoms. The summed E-state index contributed by atoms with van der Waals surface area (Å²) in [5, 5.41) is 0. The lowest BCUT2D eigenvalue weighted by atomic mass is 9.96. The summed E-state index contributed by atoms with van der Waals surface area (Å²) in [6.07, 6.45) is 1.89. The van der Waals surface area contributed by atoms with Crippen LogP contribution in [-0.4, -0.2) is 0 Å². The third-order valence-electron chi connectivity index (χ3n) is 2.12. The Kier molecular flexibility index (Phi) is 3.06. The molecule has 0 heterocycles. The van der Waals surface area contributed by atoms with Crippen molar-refractivity contribution in [1.29, 1.82) is 0 Å². The van der Waals surface area contributed by atoms with Crippen LogP contribution in [0.1, 0.15) is 18.5 Å². The van der Waals surface area contributed by atoms with Gasteiger partial charge in [0.15, 0.2) is 0 Å². The molecule has 0 fully saturated rings. The van der Waals surface area contributed by atoms with Crippen LogP contribution in [-0.2, 0) is 0 Å². The zero-order chi connectivity index (χ0) is 8.97. The zero-order valence-electron chi connectivity index (χ0n) is 7.40. The predicted octanol–water partition coefficient (Wildman–Crippen LogP) is 2.51. The highest BCUT2D eigenvalue weighted by Gasteiger charge is 2.10. The lowest BCUT2D eigenvalue weighted by Gasteiger charge is -2.16. The van der Waals surface area contributed by atoms with E-state index in [9.17, 15) is 0 Å². The molecule has 0 spiro atoms. The second-order valence-corrected chi connectivity index (χ2v) is 3.03. The fourth-order valence-electron chi connectivity index (χ4n) is 1.13. The summed E-state index contributed by atoms with van der Waals surface area (Å²) in [4.78, 5) is 0. The Labute approximate surface area is 73.9 Å². The summed E-state index contributed by atoms with van der Waals surface area (Å²) in [7, 11) is 0. The maximum absolute atomic E-state index is 5.98. The molecule has 0 amide bonds. The maximum Gasteiger partial charge on any atom is 0.0355 e. The van der Waals surface area contributed by atoms with Gasteiger partial charge in [-0.2, -0.15) is 0 Å². The van der Waals surface area contributed by atoms with E-state index in [0.717, 1.165) is 0 Å². The summed E-state index contributed by atoms with van der Waals surface area (Å²) in [5.74, 6) is 0.326. The molecule has 1 nitrogen and oxygen atoms in total. The highest BCUT2D eigenvalue weighted by atomic mass is 14.6. The summed E-state index contributed by atoms with van der Waals surface area (Å²) in [6.45, 7) is 5.80. The van der Waals surface area contributed by atoms with Gasteiger partial charge in [0.2, 0.25) is 0 Å². The second kappa shape index (κ2) is 4.07. The van der Waals surface area contributed by atoms with Crippen molar-refractivity contribution in [2.24, 2.45) is 11.7 Å². The van der Waals surface area contributed by atoms with Crippen LogP contribution in [0.5, 0.6) is 0 Å². The molecule has 0 aliphatic heterocycles. The number of nitrogens with two attached hydrogens (primary N) is 1. The molecule has 2 N–H and O–H groups in total. The molecule has 2 atom stereocenters. The zero-order valence-corrected chi connectivity index (χ0v) is 7.40. The van der Waals surface area contributed by atoms with Gasteiger partial charge in [-0.05, 0) is 11.5 Å². The Balaban J connectivity index is 2.78. The first-order valence-electron chi connectivity index (χ1n) is 4.18. The molecule has 0 saturated carbocycles. The van der Waals surface area contributed by atoms with E-state index in [1.54, 1.807) is 0 Å². The predicted molar refractivity (Wildman–Crippen MR) is 52.7 cm³/mol. The molecule has 0 aliphatic carbocycles. The van der Waals surface area contributed by atoms with Crippen LogP contribution >= 0.6 is 0 Å². The van der Waals surface area contributed by atoms with Gasteiger partial charge < -0.3 is 5.73 Å². The first-order chi connectivity index (χ1) is 5.75. The molecule has 0 aliphatic rings. The average Bonchev–Trinajstić information content (AvgIpc) is 2.17. The Morgan fingerprint density at radius 3 is 2.42 bits per heavy atom. The van der Waals surface area contributed by atoms with Crippen LogP contribution in [0.4, 0.5) is 0 Å². The fraction of sp³-hybridized carbons (Fsp3) is 0.273. The first kappa shape index (κ1) is 9.01. The van der Waals surface area contributed by atoms with E-state index >= 15 is 0 Å². The third-order valence-corrected chi connectivity index (χ3v) is 2.12. The van der Waals surface area contributed by atoms with Crippen LogP contribution in [0.15, 0.2) is 43.0 Å². The van der Waals surface area contributed by atoms with Gasteiger partial charge in [-0.15, -0.1) is 6.58 Å². The van der Waals surface area contributed by atoms with Gasteiger partial charge in [0.05, 0.1) is 0 Å². The molecule has 1 rings (SSSR count). The second-order valence-electron chi connectivity index (χ2n) is 3.03. The van der Waals surface area contributed by atoms with Crippen LogP contribution in [0.25, 0.3) is 0 Å². The number of hydrogen-bond acceptors (Lipinski definition) is 1. The minimum absolute atomic E-state index is 0.0729. The van der Waals surface area contributed by atoms with Crippen molar-refractivity contribution in [2.45, 2.75) is 13.0 Å². The minimum Gasteiger partial charge on any atom is -0.323 e. The molecule has 1 aromatic rings. The van der Waals surface area contributed by atoms with Crippen LogP contribution in [0, 0.1) is 5.92 Å². The summed E-state index contributed by atoms with van der Waals surface area (Å²) >= 11 is 0. The van der Waals surface area contributed by atoms with Crippen molar-refractivity contribution < 1.29 is 0 Å². The van der Waals surface area contributed by atoms with E-state index < -0.39 is 0 Å². The van der Waals surface area contributed by atoms with Gasteiger partial charge in [-0.3, -0.25) is 0 Å². The van der Waals surface area contributed by atoms with E-state index in [2.05, 4.69) is 13.5 Å². The molecule has 1 aromatic carbocycles. The molecule has 0 unspecified atom stereocenters. The van der Waals surface area contributed by atoms with Crippen LogP contribution in [0.2, 0.25) is 0 Å². The Morgan fingerprint density at radius 2 is 1.92 bits per heavy atom. The quantitative estimate of drug-likeness (QED) is 0.677. The van der Waals surface area contributed by atoms with E-state index in [-0.39, 0.29) is 6.04 Å². The standard InChI is InChI=1S/C11H15N/c1-3-9(2)11(12)10-7-5-4-6-8-10/h3-9,11H,1,12H2,2H3/t9-,11+/m1/s1. The van der Waals surface area contributed by atoms with E-state index in [1.807, 2.05) is 36.4 Å². The van der Waals surface area contributed by atoms with Crippen molar-refractivity contribution in [3.63, 3.8) is 0 Å². The highest BCUT2D eigenvalue weighted by Crippen LogP contribution is 2.18. The van der Waals surface area contributed by atoms with Gasteiger partial charge in [-0.25, -0.2) is 0 Å². The molecule has 0 saturated heterocycles. The van der Waals surface area contributed by atoms with Gasteiger partial charge >= 0.3 is 0 Å². The van der Waals surface area contributed by atoms with Crippen molar-refractivity contribution in [2.75, 3.05) is 0 Å². The fourth-order valence-corrected chi connectivity index (χ4v) is 1.13. The van der Waals surface area contributed by atoms with E-state index in [0.29, 0.717) is 5.92 Å². The van der Waals surface area contributed by atoms with Crippen molar-refractivity contribution in [1.82, 2.24) is 0 Å². The van der Waals surface area contributed by atoms with Crippen LogP contribution < -0.4 is 5.73 Å². The van der Waals surface area contributed by atoms with E-state index in [1.165, 1.54) is 5.56 Å². The monoisotopic (exact) mass is 161 g/mol. The normalized spacial score (nSPS) is 15.2. The van der Waals surface area contributed by atoms with Crippen molar-refractivity contribution in [3.05, 3.63) is 48.6 Å². The van der Waals surface area contributed by atoms with Gasteiger partial charge in [-0.1, -0.05) is 43.3 Å². The molecule has 64 valence electrons. The van der Waals surface area contributed by atoms with E-state index in [4.69, 9.17) is 5.73 Å². The summed E-state index contributed by atoms with van der Waals surface area (Å²) in [6, 6.07) is 10.2. The minimum atomic E-state index is 0.0729. The van der Waals surface area contributed by atoms with Crippen molar-refractivity contribution >= 4 is 0 Å². The largest absolute Gasteiger partial charge is 0.323 e. The Morgan fingerprint density at radius 1 is 1.33 bits per heavy atom. The molecular weight excluding hydrogens is 146 g/mol. The molecule has 0 aromatic heterocycles. The van der Waals surface area contributed by atoms with Gasteiger partial charge in [0.1, 0.15) is 0 Å². The lowest BCUT2D eigenvalue weighted by molar-refractivity contribution is 0.568. The SMILES string of the molecule is C=C[C@@H](C)[C@H](N)c1ccccc1.